The third-order valence-electron chi connectivity index (χ3n) is 9.63. The lowest BCUT2D eigenvalue weighted by Gasteiger charge is -2.49. The number of carbonyl (C=O) groups is 2. The molecular formula is C34H39F4N5O3. The lowest BCUT2D eigenvalue weighted by molar-refractivity contribution is -0.138. The van der Waals surface area contributed by atoms with Crippen LogP contribution in [0.4, 0.5) is 28.0 Å². The zero-order valence-electron chi connectivity index (χ0n) is 27.0. The summed E-state index contributed by atoms with van der Waals surface area (Å²) in [5.41, 5.74) is -3.34. The van der Waals surface area contributed by atoms with Gasteiger partial charge in [0.2, 0.25) is 0 Å². The SMILES string of the molecule is Cn1cnnc1C1(c2cccc(N3Cc4c(cc(CN(C(=O)OC(C)(C)C)C5(C)CCC5)cc4C(F)(F)F)C3=O)c2)CC(C)(F)C1. The number of ether oxygens (including phenoxy) is 1. The Bertz CT molecular complexity index is 1700. The molecule has 6 rings (SSSR count). The number of nitrogens with zero attached hydrogens (tertiary/aromatic N) is 5. The van der Waals surface area contributed by atoms with Gasteiger partial charge in [-0.15, -0.1) is 10.2 Å². The van der Waals surface area contributed by atoms with Gasteiger partial charge in [-0.1, -0.05) is 12.1 Å². The van der Waals surface area contributed by atoms with Crippen molar-refractivity contribution in [1.82, 2.24) is 19.7 Å². The van der Waals surface area contributed by atoms with Crippen LogP contribution in [-0.4, -0.2) is 48.5 Å². The van der Waals surface area contributed by atoms with Crippen molar-refractivity contribution in [1.29, 1.82) is 0 Å². The highest BCUT2D eigenvalue weighted by Gasteiger charge is 2.57. The molecule has 12 heteroatoms. The first-order chi connectivity index (χ1) is 21.3. The molecular weight excluding hydrogens is 602 g/mol. The number of aromatic nitrogens is 3. The summed E-state index contributed by atoms with van der Waals surface area (Å²) in [6.45, 7) is 8.23. The van der Waals surface area contributed by atoms with E-state index in [0.29, 0.717) is 29.9 Å². The summed E-state index contributed by atoms with van der Waals surface area (Å²) in [5.74, 6) is 0.00401. The second-order valence-electron chi connectivity index (χ2n) is 14.6. The maximum Gasteiger partial charge on any atom is 0.416 e. The minimum absolute atomic E-state index is 0.0545. The number of carbonyl (C=O) groups excluding carboxylic acids is 2. The smallest absolute Gasteiger partial charge is 0.416 e. The Balaban J connectivity index is 1.36. The van der Waals surface area contributed by atoms with Gasteiger partial charge in [-0.2, -0.15) is 13.2 Å². The Morgan fingerprint density at radius 3 is 2.33 bits per heavy atom. The number of fused-ring (bicyclic) bond motifs is 1. The predicted octanol–water partition coefficient (Wildman–Crippen LogP) is 7.48. The molecule has 2 aromatic carbocycles. The molecule has 46 heavy (non-hydrogen) atoms. The Hall–Kier alpha value is -3.96. The molecule has 2 fully saturated rings. The van der Waals surface area contributed by atoms with Crippen LogP contribution in [0.5, 0.6) is 0 Å². The number of hydrogen-bond donors (Lipinski definition) is 0. The number of anilines is 1. The Morgan fingerprint density at radius 2 is 1.78 bits per heavy atom. The van der Waals surface area contributed by atoms with Crippen molar-refractivity contribution in [2.45, 2.75) is 108 Å². The fraction of sp³-hybridized carbons (Fsp3) is 0.529. The summed E-state index contributed by atoms with van der Waals surface area (Å²) in [7, 11) is 1.78. The first-order valence-corrected chi connectivity index (χ1v) is 15.5. The summed E-state index contributed by atoms with van der Waals surface area (Å²) in [6.07, 6.45) is -1.21. The summed E-state index contributed by atoms with van der Waals surface area (Å²) < 4.78 is 66.1. The number of aryl methyl sites for hydroxylation is 1. The average molecular weight is 642 g/mol. The predicted molar refractivity (Wildman–Crippen MR) is 163 cm³/mol. The molecule has 1 aliphatic heterocycles. The van der Waals surface area contributed by atoms with E-state index in [1.54, 1.807) is 56.9 Å². The highest BCUT2D eigenvalue weighted by molar-refractivity contribution is 6.10. The van der Waals surface area contributed by atoms with Crippen LogP contribution in [0.15, 0.2) is 42.7 Å². The van der Waals surface area contributed by atoms with Gasteiger partial charge in [0.25, 0.3) is 5.91 Å². The van der Waals surface area contributed by atoms with Gasteiger partial charge in [-0.3, -0.25) is 9.69 Å². The monoisotopic (exact) mass is 641 g/mol. The summed E-state index contributed by atoms with van der Waals surface area (Å²) >= 11 is 0. The quantitative estimate of drug-likeness (QED) is 0.261. The van der Waals surface area contributed by atoms with Crippen molar-refractivity contribution in [3.63, 3.8) is 0 Å². The lowest BCUT2D eigenvalue weighted by Crippen LogP contribution is -2.54. The first-order valence-electron chi connectivity index (χ1n) is 15.5. The van der Waals surface area contributed by atoms with E-state index in [9.17, 15) is 22.8 Å². The zero-order valence-corrected chi connectivity index (χ0v) is 27.0. The van der Waals surface area contributed by atoms with Crippen LogP contribution in [0.2, 0.25) is 0 Å². The van der Waals surface area contributed by atoms with Crippen LogP contribution in [0.3, 0.4) is 0 Å². The van der Waals surface area contributed by atoms with Crippen LogP contribution in [-0.2, 0) is 36.5 Å². The molecule has 1 aromatic heterocycles. The standard InChI is InChI=1S/C34H39F4N5O3/c1-30(2,3)46-29(45)43(32(5)11-8-12-32)16-21-13-24-25(26(14-21)34(36,37)38)17-42(27(24)44)23-10-7-9-22(15-23)33(18-31(4,35)19-33)28-40-39-20-41(28)6/h7,9-10,13-15,20H,8,11-12,16-19H2,1-6H3. The molecule has 0 atom stereocenters. The largest absolute Gasteiger partial charge is 0.444 e. The number of alkyl halides is 4. The molecule has 246 valence electrons. The average Bonchev–Trinajstić information content (AvgIpc) is 3.50. The molecule has 2 saturated carbocycles. The summed E-state index contributed by atoms with van der Waals surface area (Å²) in [5, 5.41) is 8.24. The second kappa shape index (κ2) is 10.5. The highest BCUT2D eigenvalue weighted by Crippen LogP contribution is 2.56. The Labute approximate surface area is 265 Å². The van der Waals surface area contributed by atoms with Crippen molar-refractivity contribution in [3.05, 3.63) is 76.4 Å². The topological polar surface area (TPSA) is 80.6 Å². The van der Waals surface area contributed by atoms with Crippen LogP contribution in [0, 0.1) is 0 Å². The molecule has 0 unspecified atom stereocenters. The van der Waals surface area contributed by atoms with Crippen LogP contribution in [0.25, 0.3) is 0 Å². The van der Waals surface area contributed by atoms with E-state index in [-0.39, 0.29) is 42.6 Å². The molecule has 0 radical (unpaired) electrons. The van der Waals surface area contributed by atoms with E-state index in [1.807, 2.05) is 13.0 Å². The molecule has 3 aliphatic rings. The van der Waals surface area contributed by atoms with Crippen molar-refractivity contribution in [2.75, 3.05) is 4.90 Å². The molecule has 0 saturated heterocycles. The zero-order chi connectivity index (χ0) is 33.4. The van der Waals surface area contributed by atoms with Crippen LogP contribution >= 0.6 is 0 Å². The highest BCUT2D eigenvalue weighted by atomic mass is 19.4. The maximum atomic E-state index is 15.0. The van der Waals surface area contributed by atoms with E-state index < -0.39 is 46.0 Å². The number of benzene rings is 2. The number of halogens is 4. The fourth-order valence-electron chi connectivity index (χ4n) is 7.34. The third-order valence-corrected chi connectivity index (χ3v) is 9.63. The molecule has 2 aliphatic carbocycles. The Kier molecular flexibility index (Phi) is 7.33. The second-order valence-corrected chi connectivity index (χ2v) is 14.6. The van der Waals surface area contributed by atoms with E-state index >= 15 is 4.39 Å². The minimum Gasteiger partial charge on any atom is -0.444 e. The van der Waals surface area contributed by atoms with Crippen LogP contribution in [0.1, 0.15) is 105 Å². The first kappa shape index (κ1) is 32.0. The van der Waals surface area contributed by atoms with Crippen molar-refractivity contribution < 1.29 is 31.9 Å². The molecule has 0 spiro atoms. The van der Waals surface area contributed by atoms with Crippen molar-refractivity contribution in [3.8, 4) is 0 Å². The molecule has 2 amide bonds. The van der Waals surface area contributed by atoms with Gasteiger partial charge in [0.1, 0.15) is 23.4 Å². The van der Waals surface area contributed by atoms with E-state index in [1.165, 1.54) is 22.8 Å². The van der Waals surface area contributed by atoms with Crippen molar-refractivity contribution in [2.24, 2.45) is 7.05 Å². The van der Waals surface area contributed by atoms with E-state index in [2.05, 4.69) is 10.2 Å². The number of hydrogen-bond acceptors (Lipinski definition) is 5. The molecule has 8 nitrogen and oxygen atoms in total. The normalized spacial score (nSPS) is 23.9. The maximum absolute atomic E-state index is 15.0. The number of rotatable bonds is 6. The van der Waals surface area contributed by atoms with E-state index in [0.717, 1.165) is 12.5 Å². The molecule has 2 heterocycles. The Morgan fingerprint density at radius 1 is 1.09 bits per heavy atom. The van der Waals surface area contributed by atoms with Gasteiger partial charge in [0.05, 0.1) is 17.5 Å². The fourth-order valence-corrected chi connectivity index (χ4v) is 7.34. The number of amides is 2. The minimum atomic E-state index is -4.73. The van der Waals surface area contributed by atoms with Gasteiger partial charge >= 0.3 is 12.3 Å². The molecule has 3 aromatic rings. The van der Waals surface area contributed by atoms with Crippen LogP contribution < -0.4 is 4.90 Å². The summed E-state index contributed by atoms with van der Waals surface area (Å²) in [4.78, 5) is 30.0. The van der Waals surface area contributed by atoms with Gasteiger partial charge < -0.3 is 14.2 Å². The van der Waals surface area contributed by atoms with Gasteiger partial charge in [0, 0.05) is 30.4 Å². The van der Waals surface area contributed by atoms with Gasteiger partial charge in [-0.05, 0) is 108 Å². The van der Waals surface area contributed by atoms with Gasteiger partial charge in [-0.25, -0.2) is 9.18 Å². The van der Waals surface area contributed by atoms with Crippen molar-refractivity contribution >= 4 is 17.7 Å². The lowest BCUT2D eigenvalue weighted by atomic mass is 9.57. The third kappa shape index (κ3) is 5.53. The van der Waals surface area contributed by atoms with E-state index in [4.69, 9.17) is 4.74 Å². The molecule has 0 N–H and O–H groups in total. The summed E-state index contributed by atoms with van der Waals surface area (Å²) in [6, 6.07) is 9.47. The molecule has 0 bridgehead atoms. The van der Waals surface area contributed by atoms with Gasteiger partial charge in [0.15, 0.2) is 0 Å².